The van der Waals surface area contributed by atoms with E-state index in [-0.39, 0.29) is 18.5 Å². The van der Waals surface area contributed by atoms with Gasteiger partial charge in [-0.15, -0.1) is 0 Å². The third kappa shape index (κ3) is 35.1. The zero-order valence-corrected chi connectivity index (χ0v) is 36.6. The predicted octanol–water partition coefficient (Wildman–Crippen LogP) is 14.5. The smallest absolute Gasteiger partial charge is 0.308 e. The highest BCUT2D eigenvalue weighted by molar-refractivity contribution is 5.72. The first-order chi connectivity index (χ1) is 26.0. The maximum Gasteiger partial charge on any atom is 0.308 e. The first-order valence-electron chi connectivity index (χ1n) is 23.8. The van der Waals surface area contributed by atoms with Crippen LogP contribution in [0.15, 0.2) is 12.3 Å². The van der Waals surface area contributed by atoms with Crippen molar-refractivity contribution in [3.05, 3.63) is 12.3 Å². The predicted molar refractivity (Wildman–Crippen MR) is 232 cm³/mol. The monoisotopic (exact) mass is 750 g/mol. The van der Waals surface area contributed by atoms with Gasteiger partial charge in [0.1, 0.15) is 0 Å². The van der Waals surface area contributed by atoms with Gasteiger partial charge in [0.25, 0.3) is 0 Å². The van der Waals surface area contributed by atoms with E-state index in [4.69, 9.17) is 9.47 Å². The summed E-state index contributed by atoms with van der Waals surface area (Å²) >= 11 is 0. The standard InChI is InChI=1S/C48H95NO4/c1-6-10-14-18-20-28-36-46(35-26-16-12-8-3)45(5)52-43-32-24-22-30-39-49(41-34-42-50)40-31-23-25-33-44-53-48(51)47(37-27-17-13-9-4)38-29-21-19-15-11-7-2/h46-47,50H,5-44H2,1-4H3. The van der Waals surface area contributed by atoms with Crippen LogP contribution in [0.4, 0.5) is 0 Å². The summed E-state index contributed by atoms with van der Waals surface area (Å²) in [4.78, 5) is 15.5. The molecule has 5 nitrogen and oxygen atoms in total. The number of esters is 1. The van der Waals surface area contributed by atoms with Crippen LogP contribution in [-0.2, 0) is 14.3 Å². The lowest BCUT2D eigenvalue weighted by Gasteiger charge is -2.22. The van der Waals surface area contributed by atoms with Crippen molar-refractivity contribution in [1.29, 1.82) is 0 Å². The lowest BCUT2D eigenvalue weighted by atomic mass is 9.93. The van der Waals surface area contributed by atoms with E-state index in [2.05, 4.69) is 39.2 Å². The molecule has 1 N–H and O–H groups in total. The van der Waals surface area contributed by atoms with Crippen molar-refractivity contribution in [2.45, 2.75) is 240 Å². The van der Waals surface area contributed by atoms with Gasteiger partial charge in [-0.25, -0.2) is 0 Å². The van der Waals surface area contributed by atoms with Crippen LogP contribution >= 0.6 is 0 Å². The lowest BCUT2D eigenvalue weighted by molar-refractivity contribution is -0.149. The minimum absolute atomic E-state index is 0.0622. The molecule has 0 aromatic rings. The number of unbranched alkanes of at least 4 members (excludes halogenated alkanes) is 22. The number of carbonyl (C=O) groups is 1. The summed E-state index contributed by atoms with van der Waals surface area (Å²) in [5, 5.41) is 9.46. The van der Waals surface area contributed by atoms with Crippen molar-refractivity contribution in [2.75, 3.05) is 39.5 Å². The summed E-state index contributed by atoms with van der Waals surface area (Å²) in [6, 6.07) is 0. The Balaban J connectivity index is 4.28. The highest BCUT2D eigenvalue weighted by Gasteiger charge is 2.19. The SMILES string of the molecule is C=C(OCCCCCCN(CCCO)CCCCCCOC(=O)C(CCCCCC)CCCCCCCC)C(CCCCCC)CCCCCCCC. The molecule has 0 radical (unpaired) electrons. The molecule has 0 aromatic carbocycles. The van der Waals surface area contributed by atoms with Gasteiger partial charge in [0, 0.05) is 19.1 Å². The molecule has 0 spiro atoms. The maximum atomic E-state index is 13.0. The van der Waals surface area contributed by atoms with Crippen LogP contribution in [0, 0.1) is 11.8 Å². The fourth-order valence-electron chi connectivity index (χ4n) is 7.65. The summed E-state index contributed by atoms with van der Waals surface area (Å²) in [5.74, 6) is 1.74. The average Bonchev–Trinajstić information content (AvgIpc) is 3.16. The van der Waals surface area contributed by atoms with Gasteiger partial charge in [-0.1, -0.05) is 188 Å². The minimum atomic E-state index is 0.0622. The van der Waals surface area contributed by atoms with Gasteiger partial charge >= 0.3 is 5.97 Å². The molecule has 0 amide bonds. The van der Waals surface area contributed by atoms with E-state index in [9.17, 15) is 9.90 Å². The molecule has 0 fully saturated rings. The number of nitrogens with zero attached hydrogens (tertiary/aromatic N) is 1. The van der Waals surface area contributed by atoms with Crippen LogP contribution < -0.4 is 0 Å². The van der Waals surface area contributed by atoms with Crippen LogP contribution in [0.1, 0.15) is 240 Å². The molecule has 53 heavy (non-hydrogen) atoms. The molecule has 0 aliphatic carbocycles. The highest BCUT2D eigenvalue weighted by atomic mass is 16.5. The summed E-state index contributed by atoms with van der Waals surface area (Å²) in [7, 11) is 0. The van der Waals surface area contributed by atoms with Gasteiger partial charge < -0.3 is 19.5 Å². The van der Waals surface area contributed by atoms with E-state index in [0.29, 0.717) is 12.5 Å². The van der Waals surface area contributed by atoms with Gasteiger partial charge in [-0.05, 0) is 70.9 Å². The molecule has 0 heterocycles. The zero-order valence-electron chi connectivity index (χ0n) is 36.6. The number of ether oxygens (including phenoxy) is 2. The number of rotatable bonds is 44. The second-order valence-electron chi connectivity index (χ2n) is 16.4. The Morgan fingerprint density at radius 2 is 0.792 bits per heavy atom. The van der Waals surface area contributed by atoms with Crippen molar-refractivity contribution >= 4 is 5.97 Å². The summed E-state index contributed by atoms with van der Waals surface area (Å²) in [5.41, 5.74) is 0. The number of carbonyl (C=O) groups excluding carboxylic acids is 1. The topological polar surface area (TPSA) is 59.0 Å². The minimum Gasteiger partial charge on any atom is -0.498 e. The van der Waals surface area contributed by atoms with E-state index in [0.717, 1.165) is 83.4 Å². The highest BCUT2D eigenvalue weighted by Crippen LogP contribution is 2.26. The Morgan fingerprint density at radius 1 is 0.453 bits per heavy atom. The van der Waals surface area contributed by atoms with Crippen LogP contribution in [0.3, 0.4) is 0 Å². The largest absolute Gasteiger partial charge is 0.498 e. The maximum absolute atomic E-state index is 13.0. The summed E-state index contributed by atoms with van der Waals surface area (Å²) < 4.78 is 12.1. The molecule has 0 saturated heterocycles. The molecule has 0 saturated carbocycles. The fourth-order valence-corrected chi connectivity index (χ4v) is 7.65. The Bertz CT molecular complexity index is 700. The molecular formula is C48H95NO4. The van der Waals surface area contributed by atoms with Crippen molar-refractivity contribution in [3.8, 4) is 0 Å². The zero-order chi connectivity index (χ0) is 38.9. The van der Waals surface area contributed by atoms with Crippen LogP contribution in [0.5, 0.6) is 0 Å². The Labute approximate surface area is 332 Å². The van der Waals surface area contributed by atoms with Gasteiger partial charge in [-0.3, -0.25) is 4.79 Å². The van der Waals surface area contributed by atoms with Gasteiger partial charge in [0.15, 0.2) is 0 Å². The van der Waals surface area contributed by atoms with Gasteiger partial charge in [-0.2, -0.15) is 0 Å². The lowest BCUT2D eigenvalue weighted by Crippen LogP contribution is -2.28. The summed E-state index contributed by atoms with van der Waals surface area (Å²) in [6.07, 6.45) is 40.4. The van der Waals surface area contributed by atoms with Crippen molar-refractivity contribution in [3.63, 3.8) is 0 Å². The average molecular weight is 750 g/mol. The molecule has 316 valence electrons. The molecule has 2 unspecified atom stereocenters. The Morgan fingerprint density at radius 3 is 1.25 bits per heavy atom. The first kappa shape index (κ1) is 51.9. The number of aliphatic hydroxyl groups excluding tert-OH is 1. The van der Waals surface area contributed by atoms with Crippen LogP contribution in [-0.4, -0.2) is 55.4 Å². The van der Waals surface area contributed by atoms with Crippen LogP contribution in [0.25, 0.3) is 0 Å². The molecule has 5 heteroatoms. The molecular weight excluding hydrogens is 655 g/mol. The van der Waals surface area contributed by atoms with E-state index in [1.807, 2.05) is 0 Å². The van der Waals surface area contributed by atoms with E-state index in [1.54, 1.807) is 0 Å². The van der Waals surface area contributed by atoms with Crippen LogP contribution in [0.2, 0.25) is 0 Å². The third-order valence-corrected chi connectivity index (χ3v) is 11.3. The summed E-state index contributed by atoms with van der Waals surface area (Å²) in [6.45, 7) is 18.3. The second-order valence-corrected chi connectivity index (χ2v) is 16.4. The Kier molecular flexibility index (Phi) is 41.2. The number of hydrogen-bond acceptors (Lipinski definition) is 5. The molecule has 0 aromatic heterocycles. The number of hydrogen-bond donors (Lipinski definition) is 1. The van der Waals surface area contributed by atoms with E-state index >= 15 is 0 Å². The number of aliphatic hydroxyl groups is 1. The molecule has 2 atom stereocenters. The van der Waals surface area contributed by atoms with E-state index in [1.165, 1.54) is 161 Å². The number of allylic oxidation sites excluding steroid dienone is 1. The quantitative estimate of drug-likeness (QED) is 0.0382. The fraction of sp³-hybridized carbons (Fsp3) is 0.938. The van der Waals surface area contributed by atoms with Crippen molar-refractivity contribution in [1.82, 2.24) is 4.90 Å². The Hall–Kier alpha value is -1.07. The molecule has 0 aliphatic rings. The van der Waals surface area contributed by atoms with Gasteiger partial charge in [0.05, 0.1) is 24.9 Å². The molecule has 0 aliphatic heterocycles. The van der Waals surface area contributed by atoms with E-state index < -0.39 is 0 Å². The molecule has 0 rings (SSSR count). The van der Waals surface area contributed by atoms with Crippen molar-refractivity contribution in [2.24, 2.45) is 11.8 Å². The first-order valence-corrected chi connectivity index (χ1v) is 23.8. The second kappa shape index (κ2) is 42.1. The van der Waals surface area contributed by atoms with Crippen molar-refractivity contribution < 1.29 is 19.4 Å². The molecule has 0 bridgehead atoms. The normalized spacial score (nSPS) is 12.7. The third-order valence-electron chi connectivity index (χ3n) is 11.3. The van der Waals surface area contributed by atoms with Gasteiger partial charge in [0.2, 0.25) is 0 Å².